The molecule has 0 unspecified atom stereocenters. The minimum Gasteiger partial charge on any atom is -0.443 e. The molecule has 25 heavy (non-hydrogen) atoms. The molecule has 0 bridgehead atoms. The van der Waals surface area contributed by atoms with Crippen LogP contribution in [0.5, 0.6) is 0 Å². The maximum Gasteiger partial charge on any atom is 0.495 e. The van der Waals surface area contributed by atoms with Crippen molar-refractivity contribution in [3.63, 3.8) is 0 Å². The molecule has 0 radical (unpaired) electrons. The maximum atomic E-state index is 12.4. The Labute approximate surface area is 148 Å². The van der Waals surface area contributed by atoms with E-state index in [2.05, 4.69) is 4.98 Å². The van der Waals surface area contributed by atoms with E-state index in [1.165, 1.54) is 4.57 Å². The molecule has 0 atom stereocenters. The first kappa shape index (κ1) is 18.0. The third-order valence-electron chi connectivity index (χ3n) is 4.72. The van der Waals surface area contributed by atoms with Gasteiger partial charge in [-0.3, -0.25) is 0 Å². The van der Waals surface area contributed by atoms with Crippen LogP contribution < -0.4 is 5.46 Å². The van der Waals surface area contributed by atoms with Crippen molar-refractivity contribution in [2.45, 2.75) is 65.3 Å². The molecule has 3 heterocycles. The summed E-state index contributed by atoms with van der Waals surface area (Å²) in [6.45, 7) is 13.5. The second kappa shape index (κ2) is 5.57. The van der Waals surface area contributed by atoms with Crippen molar-refractivity contribution in [1.82, 2.24) is 9.55 Å². The van der Waals surface area contributed by atoms with Gasteiger partial charge in [-0.05, 0) is 66.1 Å². The Morgan fingerprint density at radius 2 is 1.76 bits per heavy atom. The summed E-state index contributed by atoms with van der Waals surface area (Å²) in [5, 5.41) is 0.812. The second-order valence-electron chi connectivity index (χ2n) is 8.39. The van der Waals surface area contributed by atoms with E-state index in [1.54, 1.807) is 12.4 Å². The molecule has 2 aromatic heterocycles. The summed E-state index contributed by atoms with van der Waals surface area (Å²) in [6, 6.07) is 3.70. The molecule has 134 valence electrons. The molecule has 1 saturated heterocycles. The van der Waals surface area contributed by atoms with Crippen LogP contribution in [-0.2, 0) is 14.0 Å². The van der Waals surface area contributed by atoms with E-state index in [9.17, 15) is 4.79 Å². The molecule has 1 aliphatic rings. The fraction of sp³-hybridized carbons (Fsp3) is 0.556. The van der Waals surface area contributed by atoms with Crippen LogP contribution in [0.2, 0.25) is 0 Å². The Hall–Kier alpha value is -1.86. The molecule has 0 N–H and O–H groups in total. The molecule has 6 nitrogen and oxygen atoms in total. The Balaban J connectivity index is 1.99. The van der Waals surface area contributed by atoms with Crippen LogP contribution in [-0.4, -0.2) is 39.6 Å². The molecule has 0 amide bonds. The van der Waals surface area contributed by atoms with Crippen molar-refractivity contribution >= 4 is 29.7 Å². The smallest absolute Gasteiger partial charge is 0.443 e. The molecular weight excluding hydrogens is 319 g/mol. The largest absolute Gasteiger partial charge is 0.495 e. The van der Waals surface area contributed by atoms with Gasteiger partial charge in [-0.2, -0.15) is 0 Å². The monoisotopic (exact) mass is 344 g/mol. The van der Waals surface area contributed by atoms with E-state index in [0.29, 0.717) is 5.65 Å². The number of aromatic nitrogens is 2. The van der Waals surface area contributed by atoms with Crippen LogP contribution in [0.25, 0.3) is 11.0 Å². The Kier molecular flexibility index (Phi) is 4.00. The summed E-state index contributed by atoms with van der Waals surface area (Å²) < 4.78 is 19.1. The highest BCUT2D eigenvalue weighted by Crippen LogP contribution is 2.37. The summed E-state index contributed by atoms with van der Waals surface area (Å²) in [7, 11) is -0.509. The van der Waals surface area contributed by atoms with Gasteiger partial charge in [0.25, 0.3) is 0 Å². The van der Waals surface area contributed by atoms with Gasteiger partial charge in [0.05, 0.1) is 11.2 Å². The fourth-order valence-electron chi connectivity index (χ4n) is 2.69. The first-order chi connectivity index (χ1) is 11.4. The average Bonchev–Trinajstić information content (AvgIpc) is 2.95. The van der Waals surface area contributed by atoms with Gasteiger partial charge in [0.2, 0.25) is 0 Å². The van der Waals surface area contributed by atoms with Crippen LogP contribution >= 0.6 is 0 Å². The zero-order chi connectivity index (χ0) is 18.6. The zero-order valence-corrected chi connectivity index (χ0v) is 15.9. The van der Waals surface area contributed by atoms with Crippen molar-refractivity contribution in [1.29, 1.82) is 0 Å². The molecule has 2 aromatic rings. The molecule has 1 fully saturated rings. The van der Waals surface area contributed by atoms with Crippen LogP contribution in [0.1, 0.15) is 48.5 Å². The summed E-state index contributed by atoms with van der Waals surface area (Å²) >= 11 is 0. The minimum absolute atomic E-state index is 0.430. The third-order valence-corrected chi connectivity index (χ3v) is 4.72. The van der Waals surface area contributed by atoms with E-state index in [1.807, 2.05) is 60.6 Å². The van der Waals surface area contributed by atoms with E-state index in [4.69, 9.17) is 14.0 Å². The number of ether oxygens (including phenoxy) is 1. The van der Waals surface area contributed by atoms with Crippen molar-refractivity contribution in [3.05, 3.63) is 24.5 Å². The topological polar surface area (TPSA) is 62.6 Å². The highest BCUT2D eigenvalue weighted by Gasteiger charge is 2.52. The lowest BCUT2D eigenvalue weighted by Crippen LogP contribution is -2.41. The van der Waals surface area contributed by atoms with Crippen molar-refractivity contribution in [3.8, 4) is 0 Å². The minimum atomic E-state index is -0.572. The normalized spacial score (nSPS) is 19.4. The molecule has 0 saturated carbocycles. The zero-order valence-electron chi connectivity index (χ0n) is 15.9. The standard InChI is InChI=1S/C18H25BN2O4/c1-16(2,3)23-15(22)21-11-9-12-13(8-10-20-14(12)21)19-24-17(4,5)18(6,7)25-19/h8-11H,1-7H3. The summed E-state index contributed by atoms with van der Waals surface area (Å²) in [5.74, 6) is 0. The van der Waals surface area contributed by atoms with Crippen LogP contribution in [0.4, 0.5) is 4.79 Å². The quantitative estimate of drug-likeness (QED) is 0.744. The van der Waals surface area contributed by atoms with Crippen molar-refractivity contribution < 1.29 is 18.8 Å². The molecule has 0 spiro atoms. The maximum absolute atomic E-state index is 12.4. The number of carbonyl (C=O) groups is 1. The average molecular weight is 344 g/mol. The number of pyridine rings is 1. The lowest BCUT2D eigenvalue weighted by molar-refractivity contribution is 0.00578. The van der Waals surface area contributed by atoms with Crippen LogP contribution in [0, 0.1) is 0 Å². The second-order valence-corrected chi connectivity index (χ2v) is 8.39. The molecular formula is C18H25BN2O4. The molecule has 3 rings (SSSR count). The van der Waals surface area contributed by atoms with Gasteiger partial charge in [0.1, 0.15) is 11.2 Å². The predicted molar refractivity (Wildman–Crippen MR) is 97.1 cm³/mol. The van der Waals surface area contributed by atoms with E-state index >= 15 is 0 Å². The summed E-state index contributed by atoms with van der Waals surface area (Å²) in [4.78, 5) is 16.8. The van der Waals surface area contributed by atoms with Crippen molar-refractivity contribution in [2.24, 2.45) is 0 Å². The first-order valence-electron chi connectivity index (χ1n) is 8.46. The first-order valence-corrected chi connectivity index (χ1v) is 8.46. The van der Waals surface area contributed by atoms with Gasteiger partial charge in [0, 0.05) is 17.8 Å². The Morgan fingerprint density at radius 1 is 1.16 bits per heavy atom. The van der Waals surface area contributed by atoms with Crippen LogP contribution in [0.15, 0.2) is 24.5 Å². The summed E-state index contributed by atoms with van der Waals surface area (Å²) in [5.41, 5.74) is -0.0497. The van der Waals surface area contributed by atoms with Gasteiger partial charge in [0.15, 0.2) is 0 Å². The third kappa shape index (κ3) is 3.18. The van der Waals surface area contributed by atoms with Gasteiger partial charge in [-0.25, -0.2) is 14.3 Å². The van der Waals surface area contributed by atoms with Gasteiger partial charge in [-0.1, -0.05) is 0 Å². The number of hydrogen-bond donors (Lipinski definition) is 0. The van der Waals surface area contributed by atoms with Gasteiger partial charge < -0.3 is 14.0 Å². The lowest BCUT2D eigenvalue weighted by Gasteiger charge is -2.32. The summed E-state index contributed by atoms with van der Waals surface area (Å²) in [6.07, 6.45) is 2.87. The predicted octanol–water partition coefficient (Wildman–Crippen LogP) is 3.12. The fourth-order valence-corrected chi connectivity index (χ4v) is 2.69. The number of rotatable bonds is 1. The number of nitrogens with zero attached hydrogens (tertiary/aromatic N) is 2. The molecule has 7 heteroatoms. The van der Waals surface area contributed by atoms with Gasteiger partial charge in [-0.15, -0.1) is 0 Å². The van der Waals surface area contributed by atoms with Crippen LogP contribution in [0.3, 0.4) is 0 Å². The molecule has 0 aromatic carbocycles. The van der Waals surface area contributed by atoms with Crippen molar-refractivity contribution in [2.75, 3.05) is 0 Å². The number of fused-ring (bicyclic) bond motifs is 1. The molecule has 1 aliphatic heterocycles. The van der Waals surface area contributed by atoms with E-state index in [-0.39, 0.29) is 0 Å². The highest BCUT2D eigenvalue weighted by atomic mass is 16.7. The van der Waals surface area contributed by atoms with E-state index in [0.717, 1.165) is 10.8 Å². The van der Waals surface area contributed by atoms with Gasteiger partial charge >= 0.3 is 13.2 Å². The Bertz CT molecular complexity index is 804. The number of carbonyl (C=O) groups excluding carboxylic acids is 1. The number of hydrogen-bond acceptors (Lipinski definition) is 5. The van der Waals surface area contributed by atoms with E-state index < -0.39 is 30.0 Å². The highest BCUT2D eigenvalue weighted by molar-refractivity contribution is 6.65. The molecule has 0 aliphatic carbocycles. The lowest BCUT2D eigenvalue weighted by atomic mass is 9.78. The SMILES string of the molecule is CC(C)(C)OC(=O)n1ccc2c(B3OC(C)(C)C(C)(C)O3)ccnc21. The Morgan fingerprint density at radius 3 is 2.32 bits per heavy atom.